The maximum absolute atomic E-state index is 13.8. The SMILES string of the molecule is O=C(O)c1ccc(OC(=O)c2cc(Br)cc(Br)c2Br)c(F)c1. The third kappa shape index (κ3) is 3.74. The first-order valence-corrected chi connectivity index (χ1v) is 8.07. The number of hydrogen-bond donors (Lipinski definition) is 1. The Balaban J connectivity index is 2.32. The molecule has 0 aliphatic heterocycles. The summed E-state index contributed by atoms with van der Waals surface area (Å²) in [6, 6.07) is 6.28. The zero-order valence-electron chi connectivity index (χ0n) is 10.6. The van der Waals surface area contributed by atoms with Crippen LogP contribution in [-0.2, 0) is 0 Å². The molecule has 114 valence electrons. The highest BCUT2D eigenvalue weighted by Crippen LogP contribution is 2.31. The Hall–Kier alpha value is -1.25. The molecule has 0 aliphatic rings. The van der Waals surface area contributed by atoms with Gasteiger partial charge in [-0.05, 0) is 62.2 Å². The lowest BCUT2D eigenvalue weighted by Crippen LogP contribution is -2.11. The van der Waals surface area contributed by atoms with Crippen molar-refractivity contribution in [3.05, 3.63) is 60.7 Å². The van der Waals surface area contributed by atoms with Gasteiger partial charge < -0.3 is 9.84 Å². The Morgan fingerprint density at radius 2 is 1.77 bits per heavy atom. The van der Waals surface area contributed by atoms with E-state index >= 15 is 0 Å². The molecule has 0 atom stereocenters. The number of carbonyl (C=O) groups excluding carboxylic acids is 1. The molecule has 0 unspecified atom stereocenters. The zero-order valence-corrected chi connectivity index (χ0v) is 15.3. The number of halogens is 4. The number of carbonyl (C=O) groups is 2. The largest absolute Gasteiger partial charge is 0.478 e. The third-order valence-electron chi connectivity index (χ3n) is 2.59. The highest BCUT2D eigenvalue weighted by molar-refractivity contribution is 9.13. The Kier molecular flexibility index (Phi) is 5.36. The van der Waals surface area contributed by atoms with Gasteiger partial charge in [-0.1, -0.05) is 15.9 Å². The van der Waals surface area contributed by atoms with Crippen LogP contribution in [0.15, 0.2) is 43.7 Å². The summed E-state index contributed by atoms with van der Waals surface area (Å²) in [5, 5.41) is 8.77. The van der Waals surface area contributed by atoms with Crippen LogP contribution in [0.2, 0.25) is 0 Å². The van der Waals surface area contributed by atoms with E-state index in [1.54, 1.807) is 6.07 Å². The maximum atomic E-state index is 13.8. The van der Waals surface area contributed by atoms with Crippen LogP contribution >= 0.6 is 47.8 Å². The molecular weight excluding hydrogens is 491 g/mol. The van der Waals surface area contributed by atoms with Gasteiger partial charge in [-0.2, -0.15) is 0 Å². The highest BCUT2D eigenvalue weighted by atomic mass is 79.9. The molecule has 22 heavy (non-hydrogen) atoms. The molecule has 0 heterocycles. The van der Waals surface area contributed by atoms with Gasteiger partial charge in [-0.25, -0.2) is 14.0 Å². The van der Waals surface area contributed by atoms with Crippen LogP contribution in [0.3, 0.4) is 0 Å². The average Bonchev–Trinajstić information content (AvgIpc) is 2.44. The summed E-state index contributed by atoms with van der Waals surface area (Å²) >= 11 is 9.75. The number of ether oxygens (including phenoxy) is 1. The Morgan fingerprint density at radius 1 is 1.09 bits per heavy atom. The fourth-order valence-electron chi connectivity index (χ4n) is 1.58. The summed E-state index contributed by atoms with van der Waals surface area (Å²) in [6.45, 7) is 0. The van der Waals surface area contributed by atoms with Crippen molar-refractivity contribution in [2.75, 3.05) is 0 Å². The van der Waals surface area contributed by atoms with Gasteiger partial charge in [0.05, 0.1) is 11.1 Å². The van der Waals surface area contributed by atoms with Crippen molar-refractivity contribution in [2.24, 2.45) is 0 Å². The third-order valence-corrected chi connectivity index (χ3v) is 5.06. The second-order valence-electron chi connectivity index (χ2n) is 4.09. The molecule has 0 radical (unpaired) electrons. The van der Waals surface area contributed by atoms with E-state index in [9.17, 15) is 14.0 Å². The van der Waals surface area contributed by atoms with Crippen molar-refractivity contribution >= 4 is 59.7 Å². The fourth-order valence-corrected chi connectivity index (χ4v) is 3.19. The van der Waals surface area contributed by atoms with Gasteiger partial charge in [0, 0.05) is 13.4 Å². The van der Waals surface area contributed by atoms with Crippen molar-refractivity contribution in [3.8, 4) is 5.75 Å². The average molecular weight is 497 g/mol. The molecule has 0 saturated carbocycles. The lowest BCUT2D eigenvalue weighted by atomic mass is 10.2. The molecule has 1 N–H and O–H groups in total. The topological polar surface area (TPSA) is 63.6 Å². The summed E-state index contributed by atoms with van der Waals surface area (Å²) in [7, 11) is 0. The number of rotatable bonds is 3. The molecule has 0 amide bonds. The Morgan fingerprint density at radius 3 is 2.36 bits per heavy atom. The monoisotopic (exact) mass is 494 g/mol. The smallest absolute Gasteiger partial charge is 0.344 e. The van der Waals surface area contributed by atoms with E-state index in [1.165, 1.54) is 6.07 Å². The number of carboxylic acid groups (broad SMARTS) is 1. The van der Waals surface area contributed by atoms with E-state index in [4.69, 9.17) is 9.84 Å². The molecule has 2 aromatic carbocycles. The van der Waals surface area contributed by atoms with Crippen LogP contribution in [0, 0.1) is 5.82 Å². The van der Waals surface area contributed by atoms with Gasteiger partial charge in [-0.3, -0.25) is 0 Å². The number of hydrogen-bond acceptors (Lipinski definition) is 3. The van der Waals surface area contributed by atoms with E-state index in [0.717, 1.165) is 18.2 Å². The standard InChI is InChI=1S/C14H6Br3FO4/c15-7-4-8(12(17)9(16)5-7)14(21)22-11-2-1-6(13(19)20)3-10(11)18/h1-5H,(H,19,20). The van der Waals surface area contributed by atoms with Gasteiger partial charge >= 0.3 is 11.9 Å². The number of carboxylic acids is 1. The Bertz CT molecular complexity index is 777. The first-order chi connectivity index (χ1) is 10.3. The summed E-state index contributed by atoms with van der Waals surface area (Å²) in [6.07, 6.45) is 0. The number of benzene rings is 2. The van der Waals surface area contributed by atoms with E-state index in [0.29, 0.717) is 13.4 Å². The quantitative estimate of drug-likeness (QED) is 0.368. The van der Waals surface area contributed by atoms with E-state index in [1.807, 2.05) is 0 Å². The molecule has 0 bridgehead atoms. The molecule has 8 heteroatoms. The van der Waals surface area contributed by atoms with Crippen LogP contribution < -0.4 is 4.74 Å². The number of esters is 1. The minimum Gasteiger partial charge on any atom is -0.478 e. The molecule has 0 aliphatic carbocycles. The molecular formula is C14H6Br3FO4. The summed E-state index contributed by atoms with van der Waals surface area (Å²) < 4.78 is 20.5. The fraction of sp³-hybridized carbons (Fsp3) is 0. The summed E-state index contributed by atoms with van der Waals surface area (Å²) in [4.78, 5) is 22.9. The van der Waals surface area contributed by atoms with Crippen LogP contribution in [0.4, 0.5) is 4.39 Å². The Labute approximate surface area is 149 Å². The lowest BCUT2D eigenvalue weighted by Gasteiger charge is -2.09. The molecule has 2 rings (SSSR count). The van der Waals surface area contributed by atoms with Gasteiger partial charge in [0.1, 0.15) is 0 Å². The normalized spacial score (nSPS) is 10.4. The molecule has 0 spiro atoms. The van der Waals surface area contributed by atoms with Crippen molar-refractivity contribution in [3.63, 3.8) is 0 Å². The lowest BCUT2D eigenvalue weighted by molar-refractivity contribution is 0.0696. The predicted octanol–water partition coefficient (Wildman–Crippen LogP) is 5.03. The van der Waals surface area contributed by atoms with E-state index in [2.05, 4.69) is 47.8 Å². The number of aromatic carboxylic acids is 1. The predicted molar refractivity (Wildman–Crippen MR) is 87.9 cm³/mol. The zero-order chi connectivity index (χ0) is 16.4. The van der Waals surface area contributed by atoms with Gasteiger partial charge in [-0.15, -0.1) is 0 Å². The van der Waals surface area contributed by atoms with Crippen molar-refractivity contribution < 1.29 is 23.8 Å². The first-order valence-electron chi connectivity index (χ1n) is 5.69. The molecule has 0 aromatic heterocycles. The van der Waals surface area contributed by atoms with Crippen LogP contribution in [0.5, 0.6) is 5.75 Å². The summed E-state index contributed by atoms with van der Waals surface area (Å²) in [5.74, 6) is -3.33. The minimum absolute atomic E-state index is 0.183. The minimum atomic E-state index is -1.27. The van der Waals surface area contributed by atoms with E-state index in [-0.39, 0.29) is 16.9 Å². The van der Waals surface area contributed by atoms with Gasteiger partial charge in [0.25, 0.3) is 0 Å². The van der Waals surface area contributed by atoms with Gasteiger partial charge in [0.2, 0.25) is 0 Å². The van der Waals surface area contributed by atoms with Crippen LogP contribution in [0.1, 0.15) is 20.7 Å². The molecule has 4 nitrogen and oxygen atoms in total. The molecule has 0 fully saturated rings. The van der Waals surface area contributed by atoms with Gasteiger partial charge in [0.15, 0.2) is 11.6 Å². The van der Waals surface area contributed by atoms with Crippen molar-refractivity contribution in [1.29, 1.82) is 0 Å². The van der Waals surface area contributed by atoms with E-state index < -0.39 is 17.8 Å². The second-order valence-corrected chi connectivity index (χ2v) is 6.65. The van der Waals surface area contributed by atoms with Crippen molar-refractivity contribution in [1.82, 2.24) is 0 Å². The van der Waals surface area contributed by atoms with Crippen LogP contribution in [0.25, 0.3) is 0 Å². The molecule has 2 aromatic rings. The molecule has 0 saturated heterocycles. The maximum Gasteiger partial charge on any atom is 0.344 e. The second kappa shape index (κ2) is 6.89. The highest BCUT2D eigenvalue weighted by Gasteiger charge is 2.18. The summed E-state index contributed by atoms with van der Waals surface area (Å²) in [5.41, 5.74) is -0.0494. The first kappa shape index (κ1) is 17.1. The van der Waals surface area contributed by atoms with Crippen molar-refractivity contribution in [2.45, 2.75) is 0 Å². The van der Waals surface area contributed by atoms with Crippen LogP contribution in [-0.4, -0.2) is 17.0 Å².